The fraction of sp³-hybridized carbons (Fsp3) is 0. The molecule has 0 aromatic heterocycles. The molecule has 0 unspecified atom stereocenters. The number of ketones is 1. The molecule has 0 bridgehead atoms. The molecule has 0 radical (unpaired) electrons. The van der Waals surface area contributed by atoms with E-state index in [1.54, 1.807) is 66.7 Å². The molecule has 0 heterocycles. The van der Waals surface area contributed by atoms with Crippen molar-refractivity contribution in [3.8, 4) is 11.5 Å². The maximum atomic E-state index is 13.1. The Labute approximate surface area is 198 Å². The van der Waals surface area contributed by atoms with Crippen molar-refractivity contribution in [3.63, 3.8) is 0 Å². The van der Waals surface area contributed by atoms with E-state index in [0.29, 0.717) is 43.4 Å². The first-order valence-corrected chi connectivity index (χ1v) is 10.9. The van der Waals surface area contributed by atoms with E-state index < -0.39 is 0 Å². The molecule has 0 aliphatic rings. The van der Waals surface area contributed by atoms with Crippen LogP contribution in [0.25, 0.3) is 0 Å². The summed E-state index contributed by atoms with van der Waals surface area (Å²) in [7, 11) is 0. The third-order valence-electron chi connectivity index (χ3n) is 4.69. The molecule has 0 saturated carbocycles. The van der Waals surface area contributed by atoms with Crippen LogP contribution in [0.5, 0.6) is 11.5 Å². The second kappa shape index (κ2) is 9.81. The Morgan fingerprint density at radius 2 is 1.41 bits per heavy atom. The van der Waals surface area contributed by atoms with Crippen LogP contribution in [-0.2, 0) is 0 Å². The number of anilines is 1. The molecule has 4 rings (SSSR count). The van der Waals surface area contributed by atoms with Crippen molar-refractivity contribution in [2.24, 2.45) is 0 Å². The minimum atomic E-state index is -0.341. The van der Waals surface area contributed by atoms with E-state index >= 15 is 0 Å². The number of hydrogen-bond acceptors (Lipinski definition) is 3. The van der Waals surface area contributed by atoms with Crippen LogP contribution in [0.4, 0.5) is 5.69 Å². The zero-order valence-electron chi connectivity index (χ0n) is 16.7. The van der Waals surface area contributed by atoms with Gasteiger partial charge in [-0.3, -0.25) is 9.59 Å². The van der Waals surface area contributed by atoms with Gasteiger partial charge in [0.15, 0.2) is 5.78 Å². The first kappa shape index (κ1) is 21.8. The summed E-state index contributed by atoms with van der Waals surface area (Å²) in [5.41, 5.74) is 1.53. The maximum Gasteiger partial charge on any atom is 0.255 e. The fourth-order valence-electron chi connectivity index (χ4n) is 3.10. The maximum absolute atomic E-state index is 13.1. The van der Waals surface area contributed by atoms with Crippen LogP contribution in [0.2, 0.25) is 5.02 Å². The molecule has 0 aliphatic heterocycles. The number of amides is 1. The van der Waals surface area contributed by atoms with Gasteiger partial charge in [-0.2, -0.15) is 0 Å². The molecule has 0 atom stereocenters. The number of ether oxygens (including phenoxy) is 1. The topological polar surface area (TPSA) is 55.4 Å². The lowest BCUT2D eigenvalue weighted by molar-refractivity contribution is 0.102. The predicted octanol–water partition coefficient (Wildman–Crippen LogP) is 7.38. The van der Waals surface area contributed by atoms with Crippen LogP contribution in [0.3, 0.4) is 0 Å². The molecule has 4 aromatic carbocycles. The second-order valence-electron chi connectivity index (χ2n) is 6.89. The van der Waals surface area contributed by atoms with Crippen LogP contribution < -0.4 is 10.1 Å². The summed E-state index contributed by atoms with van der Waals surface area (Å²) in [6.45, 7) is 0. The van der Waals surface area contributed by atoms with Crippen molar-refractivity contribution in [3.05, 3.63) is 123 Å². The van der Waals surface area contributed by atoms with Gasteiger partial charge in [0.05, 0.1) is 10.7 Å². The lowest BCUT2D eigenvalue weighted by Gasteiger charge is -2.12. The molecule has 1 amide bonds. The quantitative estimate of drug-likeness (QED) is 0.278. The SMILES string of the molecule is O=C(Nc1ccc(Br)cc1C(=O)c1ccccc1Cl)c1ccc(Oc2ccccc2)cc1. The number of nitrogens with one attached hydrogen (secondary N) is 1. The van der Waals surface area contributed by atoms with Crippen LogP contribution in [-0.4, -0.2) is 11.7 Å². The van der Waals surface area contributed by atoms with Gasteiger partial charge in [-0.25, -0.2) is 0 Å². The van der Waals surface area contributed by atoms with Gasteiger partial charge < -0.3 is 10.1 Å². The average Bonchev–Trinajstić information content (AvgIpc) is 2.81. The normalized spacial score (nSPS) is 10.4. The van der Waals surface area contributed by atoms with Crippen LogP contribution >= 0.6 is 27.5 Å². The van der Waals surface area contributed by atoms with Gasteiger partial charge in [0, 0.05) is 21.2 Å². The molecule has 158 valence electrons. The fourth-order valence-corrected chi connectivity index (χ4v) is 3.68. The Balaban J connectivity index is 1.55. The Morgan fingerprint density at radius 1 is 0.750 bits per heavy atom. The molecule has 0 fully saturated rings. The first-order valence-electron chi connectivity index (χ1n) is 9.74. The highest BCUT2D eigenvalue weighted by Crippen LogP contribution is 2.27. The van der Waals surface area contributed by atoms with Gasteiger partial charge in [-0.1, -0.05) is 57.9 Å². The molecule has 0 spiro atoms. The summed E-state index contributed by atoms with van der Waals surface area (Å²) in [5.74, 6) is 0.707. The number of benzene rings is 4. The summed E-state index contributed by atoms with van der Waals surface area (Å²) in [6.07, 6.45) is 0. The third-order valence-corrected chi connectivity index (χ3v) is 5.51. The van der Waals surface area contributed by atoms with Gasteiger partial charge >= 0.3 is 0 Å². The van der Waals surface area contributed by atoms with E-state index in [0.717, 1.165) is 0 Å². The third kappa shape index (κ3) is 5.07. The van der Waals surface area contributed by atoms with E-state index in [9.17, 15) is 9.59 Å². The minimum absolute atomic E-state index is 0.279. The van der Waals surface area contributed by atoms with E-state index in [4.69, 9.17) is 16.3 Å². The smallest absolute Gasteiger partial charge is 0.255 e. The minimum Gasteiger partial charge on any atom is -0.457 e. The monoisotopic (exact) mass is 505 g/mol. The van der Waals surface area contributed by atoms with Crippen LogP contribution in [0, 0.1) is 0 Å². The first-order chi connectivity index (χ1) is 15.5. The Morgan fingerprint density at radius 3 is 2.12 bits per heavy atom. The molecule has 4 aromatic rings. The molecule has 4 nitrogen and oxygen atoms in total. The van der Waals surface area contributed by atoms with Crippen LogP contribution in [0.15, 0.2) is 102 Å². The van der Waals surface area contributed by atoms with Crippen molar-refractivity contribution >= 4 is 44.9 Å². The Kier molecular flexibility index (Phi) is 6.69. The van der Waals surface area contributed by atoms with Crippen molar-refractivity contribution in [1.29, 1.82) is 0 Å². The molecule has 0 saturated heterocycles. The number of rotatable bonds is 6. The van der Waals surface area contributed by atoms with Gasteiger partial charge in [0.1, 0.15) is 11.5 Å². The van der Waals surface area contributed by atoms with Gasteiger partial charge in [-0.15, -0.1) is 0 Å². The predicted molar refractivity (Wildman–Crippen MR) is 130 cm³/mol. The van der Waals surface area contributed by atoms with Crippen molar-refractivity contribution in [2.75, 3.05) is 5.32 Å². The Hall–Kier alpha value is -3.41. The van der Waals surface area contributed by atoms with Crippen molar-refractivity contribution in [2.45, 2.75) is 0 Å². The highest BCUT2D eigenvalue weighted by atomic mass is 79.9. The van der Waals surface area contributed by atoms with E-state index in [1.165, 1.54) is 0 Å². The molecule has 0 aliphatic carbocycles. The second-order valence-corrected chi connectivity index (χ2v) is 8.22. The lowest BCUT2D eigenvalue weighted by Crippen LogP contribution is -2.15. The largest absolute Gasteiger partial charge is 0.457 e. The number of halogens is 2. The lowest BCUT2D eigenvalue weighted by atomic mass is 10.0. The molecule has 32 heavy (non-hydrogen) atoms. The van der Waals surface area contributed by atoms with Gasteiger partial charge in [0.25, 0.3) is 5.91 Å². The van der Waals surface area contributed by atoms with E-state index in [2.05, 4.69) is 21.2 Å². The number of carbonyl (C=O) groups excluding carboxylic acids is 2. The zero-order chi connectivity index (χ0) is 22.5. The van der Waals surface area contributed by atoms with Crippen molar-refractivity contribution in [1.82, 2.24) is 0 Å². The summed E-state index contributed by atoms with van der Waals surface area (Å²) < 4.78 is 6.48. The summed E-state index contributed by atoms with van der Waals surface area (Å²) in [5, 5.41) is 3.18. The molecule has 1 N–H and O–H groups in total. The van der Waals surface area contributed by atoms with Crippen molar-refractivity contribution < 1.29 is 14.3 Å². The molecular weight excluding hydrogens is 490 g/mol. The standard InChI is InChI=1S/C26H17BrClNO3/c27-18-12-15-24(22(16-18)25(30)21-8-4-5-9-23(21)28)29-26(31)17-10-13-20(14-11-17)32-19-6-2-1-3-7-19/h1-16H,(H,29,31). The number of para-hydroxylation sites is 1. The van der Waals surface area contributed by atoms with Gasteiger partial charge in [0.2, 0.25) is 0 Å². The van der Waals surface area contributed by atoms with E-state index in [-0.39, 0.29) is 11.7 Å². The Bertz CT molecular complexity index is 1270. The highest BCUT2D eigenvalue weighted by molar-refractivity contribution is 9.10. The number of carbonyl (C=O) groups is 2. The van der Waals surface area contributed by atoms with Gasteiger partial charge in [-0.05, 0) is 66.7 Å². The van der Waals surface area contributed by atoms with E-state index in [1.807, 2.05) is 30.3 Å². The summed E-state index contributed by atoms with van der Waals surface area (Å²) >= 11 is 9.59. The number of hydrogen-bond donors (Lipinski definition) is 1. The summed E-state index contributed by atoms with van der Waals surface area (Å²) in [6, 6.07) is 28.1. The highest BCUT2D eigenvalue weighted by Gasteiger charge is 2.18. The zero-order valence-corrected chi connectivity index (χ0v) is 19.1. The molecule has 6 heteroatoms. The average molecular weight is 507 g/mol. The summed E-state index contributed by atoms with van der Waals surface area (Å²) in [4.78, 5) is 25.9. The molecular formula is C26H17BrClNO3. The van der Waals surface area contributed by atoms with Crippen LogP contribution in [0.1, 0.15) is 26.3 Å².